The molecule has 6 nitrogen and oxygen atoms in total. The molecule has 28 heavy (non-hydrogen) atoms. The Balaban J connectivity index is 1.34. The van der Waals surface area contributed by atoms with Crippen molar-refractivity contribution in [2.45, 2.75) is 19.3 Å². The van der Waals surface area contributed by atoms with Gasteiger partial charge in [-0.2, -0.15) is 0 Å². The second-order valence-electron chi connectivity index (χ2n) is 6.67. The van der Waals surface area contributed by atoms with Crippen LogP contribution in [0.2, 0.25) is 5.02 Å². The summed E-state index contributed by atoms with van der Waals surface area (Å²) < 4.78 is 5.62. The zero-order valence-corrected chi connectivity index (χ0v) is 16.5. The van der Waals surface area contributed by atoms with Gasteiger partial charge in [0.25, 0.3) is 0 Å². The van der Waals surface area contributed by atoms with E-state index in [9.17, 15) is 9.59 Å². The fraction of sp³-hybridized carbons (Fsp3) is 0.381. The normalized spacial score (nSPS) is 14.0. The first-order valence-electron chi connectivity index (χ1n) is 9.45. The lowest BCUT2D eigenvalue weighted by Gasteiger charge is -2.35. The van der Waals surface area contributed by atoms with Gasteiger partial charge in [0.1, 0.15) is 5.75 Å². The predicted octanol–water partition coefficient (Wildman–Crippen LogP) is 2.81. The summed E-state index contributed by atoms with van der Waals surface area (Å²) in [6, 6.07) is 12.7. The van der Waals surface area contributed by atoms with Gasteiger partial charge in [-0.05, 0) is 42.8 Å². The number of nitrogens with zero attached hydrogens (tertiary/aromatic N) is 3. The maximum atomic E-state index is 12.4. The molecule has 148 valence electrons. The molecule has 2 heterocycles. The number of rotatable bonds is 7. The average molecular weight is 402 g/mol. The molecule has 2 amide bonds. The molecular formula is C21H24ClN3O3. The number of ether oxygens (including phenoxy) is 1. The summed E-state index contributed by atoms with van der Waals surface area (Å²) >= 11 is 5.84. The van der Waals surface area contributed by atoms with Gasteiger partial charge in [-0.15, -0.1) is 0 Å². The maximum absolute atomic E-state index is 12.4. The molecular weight excluding hydrogens is 378 g/mol. The van der Waals surface area contributed by atoms with E-state index in [4.69, 9.17) is 16.3 Å². The van der Waals surface area contributed by atoms with Crippen molar-refractivity contribution in [3.05, 3.63) is 59.4 Å². The second kappa shape index (κ2) is 10.1. The van der Waals surface area contributed by atoms with Gasteiger partial charge in [-0.1, -0.05) is 17.7 Å². The molecule has 1 aliphatic heterocycles. The van der Waals surface area contributed by atoms with Crippen LogP contribution in [0.1, 0.15) is 18.5 Å². The summed E-state index contributed by atoms with van der Waals surface area (Å²) in [6.07, 6.45) is 3.09. The molecule has 0 spiro atoms. The molecule has 0 radical (unpaired) electrons. The number of piperazine rings is 1. The van der Waals surface area contributed by atoms with Gasteiger partial charge in [0, 0.05) is 49.5 Å². The Kier molecular flexibility index (Phi) is 7.25. The number of hydrogen-bond donors (Lipinski definition) is 0. The number of hydrogen-bond acceptors (Lipinski definition) is 4. The van der Waals surface area contributed by atoms with Gasteiger partial charge >= 0.3 is 0 Å². The Morgan fingerprint density at radius 2 is 1.64 bits per heavy atom. The van der Waals surface area contributed by atoms with Crippen LogP contribution in [0, 0.1) is 0 Å². The first-order chi connectivity index (χ1) is 13.6. The highest BCUT2D eigenvalue weighted by atomic mass is 35.5. The molecule has 1 aliphatic rings. The van der Waals surface area contributed by atoms with Crippen LogP contribution >= 0.6 is 11.6 Å². The Labute approximate surface area is 170 Å². The van der Waals surface area contributed by atoms with Gasteiger partial charge in [-0.25, -0.2) is 0 Å². The molecule has 0 unspecified atom stereocenters. The monoisotopic (exact) mass is 401 g/mol. The number of carbonyl (C=O) groups excluding carboxylic acids is 2. The number of carbonyl (C=O) groups is 2. The molecule has 1 saturated heterocycles. The standard InChI is InChI=1S/C21H24ClN3O3/c22-17-6-8-19(9-7-17)28-15-3-5-20(26)24-11-13-25(14-12-24)21(27)16-18-4-1-2-10-23-18/h1-2,4,6-10H,3,5,11-16H2. The summed E-state index contributed by atoms with van der Waals surface area (Å²) in [5, 5.41) is 0.667. The van der Waals surface area contributed by atoms with Gasteiger partial charge in [-0.3, -0.25) is 14.6 Å². The molecule has 7 heteroatoms. The first kappa shape index (κ1) is 20.1. The van der Waals surface area contributed by atoms with E-state index in [1.807, 2.05) is 40.1 Å². The molecule has 0 N–H and O–H groups in total. The van der Waals surface area contributed by atoms with Crippen LogP contribution in [0.25, 0.3) is 0 Å². The molecule has 1 aromatic carbocycles. The van der Waals surface area contributed by atoms with E-state index in [1.54, 1.807) is 18.3 Å². The highest BCUT2D eigenvalue weighted by Gasteiger charge is 2.24. The fourth-order valence-electron chi connectivity index (χ4n) is 3.08. The van der Waals surface area contributed by atoms with E-state index in [0.717, 1.165) is 11.4 Å². The third-order valence-corrected chi connectivity index (χ3v) is 4.91. The molecule has 0 saturated carbocycles. The van der Waals surface area contributed by atoms with Crippen LogP contribution in [0.5, 0.6) is 5.75 Å². The topological polar surface area (TPSA) is 62.7 Å². The maximum Gasteiger partial charge on any atom is 0.228 e. The molecule has 0 bridgehead atoms. The minimum atomic E-state index is 0.0576. The second-order valence-corrected chi connectivity index (χ2v) is 7.10. The molecule has 0 atom stereocenters. The van der Waals surface area contributed by atoms with Crippen molar-refractivity contribution >= 4 is 23.4 Å². The Morgan fingerprint density at radius 1 is 0.964 bits per heavy atom. The Hall–Kier alpha value is -2.60. The van der Waals surface area contributed by atoms with Crippen LogP contribution in [0.4, 0.5) is 0 Å². The average Bonchev–Trinajstić information content (AvgIpc) is 2.73. The van der Waals surface area contributed by atoms with Gasteiger partial charge in [0.2, 0.25) is 11.8 Å². The van der Waals surface area contributed by atoms with E-state index in [-0.39, 0.29) is 11.8 Å². The number of pyridine rings is 1. The predicted molar refractivity (Wildman–Crippen MR) is 107 cm³/mol. The van der Waals surface area contributed by atoms with Gasteiger partial charge in [0.05, 0.1) is 13.0 Å². The molecule has 2 aromatic rings. The smallest absolute Gasteiger partial charge is 0.228 e. The third-order valence-electron chi connectivity index (χ3n) is 4.66. The van der Waals surface area contributed by atoms with E-state index in [2.05, 4.69) is 4.98 Å². The van der Waals surface area contributed by atoms with E-state index in [0.29, 0.717) is 57.1 Å². The van der Waals surface area contributed by atoms with Crippen molar-refractivity contribution in [1.29, 1.82) is 0 Å². The first-order valence-corrected chi connectivity index (χ1v) is 9.83. The van der Waals surface area contributed by atoms with Gasteiger partial charge in [0.15, 0.2) is 0 Å². The molecule has 3 rings (SSSR count). The van der Waals surface area contributed by atoms with Crippen LogP contribution < -0.4 is 4.74 Å². The van der Waals surface area contributed by atoms with E-state index >= 15 is 0 Å². The minimum Gasteiger partial charge on any atom is -0.494 e. The van der Waals surface area contributed by atoms with Crippen molar-refractivity contribution in [2.24, 2.45) is 0 Å². The third kappa shape index (κ3) is 5.96. The van der Waals surface area contributed by atoms with Crippen LogP contribution in [0.3, 0.4) is 0 Å². The van der Waals surface area contributed by atoms with Gasteiger partial charge < -0.3 is 14.5 Å². The quantitative estimate of drug-likeness (QED) is 0.669. The molecule has 0 aliphatic carbocycles. The molecule has 1 aromatic heterocycles. The van der Waals surface area contributed by atoms with E-state index < -0.39 is 0 Å². The summed E-state index contributed by atoms with van der Waals surface area (Å²) in [5.41, 5.74) is 0.770. The number of amides is 2. The van der Waals surface area contributed by atoms with Crippen LogP contribution in [-0.4, -0.2) is 59.4 Å². The fourth-order valence-corrected chi connectivity index (χ4v) is 3.20. The van der Waals surface area contributed by atoms with Crippen molar-refractivity contribution in [3.8, 4) is 5.75 Å². The van der Waals surface area contributed by atoms with Crippen molar-refractivity contribution < 1.29 is 14.3 Å². The van der Waals surface area contributed by atoms with Crippen LogP contribution in [-0.2, 0) is 16.0 Å². The van der Waals surface area contributed by atoms with Crippen molar-refractivity contribution in [2.75, 3.05) is 32.8 Å². The lowest BCUT2D eigenvalue weighted by molar-refractivity contribution is -0.139. The number of aromatic nitrogens is 1. The zero-order chi connectivity index (χ0) is 19.8. The lowest BCUT2D eigenvalue weighted by Crippen LogP contribution is -2.51. The minimum absolute atomic E-state index is 0.0576. The highest BCUT2D eigenvalue weighted by molar-refractivity contribution is 6.30. The van der Waals surface area contributed by atoms with E-state index in [1.165, 1.54) is 0 Å². The van der Waals surface area contributed by atoms with Crippen molar-refractivity contribution in [1.82, 2.24) is 14.8 Å². The zero-order valence-electron chi connectivity index (χ0n) is 15.7. The summed E-state index contributed by atoms with van der Waals surface area (Å²) in [7, 11) is 0. The van der Waals surface area contributed by atoms with Crippen molar-refractivity contribution in [3.63, 3.8) is 0 Å². The lowest BCUT2D eigenvalue weighted by atomic mass is 10.2. The van der Waals surface area contributed by atoms with Crippen LogP contribution in [0.15, 0.2) is 48.7 Å². The summed E-state index contributed by atoms with van der Waals surface area (Å²) in [4.78, 5) is 32.6. The molecule has 1 fully saturated rings. The highest BCUT2D eigenvalue weighted by Crippen LogP contribution is 2.16. The Morgan fingerprint density at radius 3 is 2.29 bits per heavy atom. The Bertz CT molecular complexity index is 775. The summed E-state index contributed by atoms with van der Waals surface area (Å²) in [5.74, 6) is 0.913. The number of halogens is 1. The largest absolute Gasteiger partial charge is 0.494 e. The SMILES string of the molecule is O=C(CCCOc1ccc(Cl)cc1)N1CCN(C(=O)Cc2ccccn2)CC1. The summed E-state index contributed by atoms with van der Waals surface area (Å²) in [6.45, 7) is 2.77. The number of benzene rings is 1.